The van der Waals surface area contributed by atoms with Crippen LogP contribution in [0.1, 0.15) is 12.5 Å². The minimum Gasteiger partial charge on any atom is -0.492 e. The van der Waals surface area contributed by atoms with Crippen molar-refractivity contribution in [2.45, 2.75) is 6.92 Å². The highest BCUT2D eigenvalue weighted by Gasteiger charge is 2.13. The summed E-state index contributed by atoms with van der Waals surface area (Å²) in [7, 11) is 0. The Balaban J connectivity index is 1.49. The van der Waals surface area contributed by atoms with Crippen molar-refractivity contribution in [2.75, 3.05) is 25.3 Å². The molecule has 2 aromatic rings. The lowest BCUT2D eigenvalue weighted by Gasteiger charge is -2.11. The monoisotopic (exact) mass is 369 g/mol. The molecule has 0 bridgehead atoms. The van der Waals surface area contributed by atoms with Gasteiger partial charge < -0.3 is 24.3 Å². The Morgan fingerprint density at radius 3 is 2.81 bits per heavy atom. The van der Waals surface area contributed by atoms with Crippen LogP contribution in [0.2, 0.25) is 0 Å². The topological polar surface area (TPSA) is 83.1 Å². The largest absolute Gasteiger partial charge is 0.492 e. The van der Waals surface area contributed by atoms with E-state index in [-0.39, 0.29) is 6.79 Å². The van der Waals surface area contributed by atoms with Gasteiger partial charge in [-0.15, -0.1) is 0 Å². The first kappa shape index (κ1) is 18.3. The molecule has 0 saturated heterocycles. The SMILES string of the molecule is CCOc1ccccc1NC(=O)COC(=O)/C=C/c1ccc2c(c1)OCO2. The molecule has 0 aromatic heterocycles. The molecule has 2 aromatic carbocycles. The molecule has 1 amide bonds. The number of ether oxygens (including phenoxy) is 4. The standard InChI is InChI=1S/C20H19NO6/c1-2-24-16-6-4-3-5-15(16)21-19(22)12-25-20(23)10-8-14-7-9-17-18(11-14)27-13-26-17/h3-11H,2,12-13H2,1H3,(H,21,22)/b10-8+. The second kappa shape index (κ2) is 8.75. The van der Waals surface area contributed by atoms with Crippen LogP contribution < -0.4 is 19.5 Å². The summed E-state index contributed by atoms with van der Waals surface area (Å²) in [4.78, 5) is 23.8. The third-order valence-electron chi connectivity index (χ3n) is 3.62. The summed E-state index contributed by atoms with van der Waals surface area (Å²) < 4.78 is 20.9. The molecule has 7 nitrogen and oxygen atoms in total. The molecule has 0 unspecified atom stereocenters. The van der Waals surface area contributed by atoms with Gasteiger partial charge in [0.05, 0.1) is 12.3 Å². The van der Waals surface area contributed by atoms with E-state index >= 15 is 0 Å². The van der Waals surface area contributed by atoms with Crippen molar-refractivity contribution in [3.63, 3.8) is 0 Å². The number of fused-ring (bicyclic) bond motifs is 1. The number of para-hydroxylation sites is 2. The molecular weight excluding hydrogens is 350 g/mol. The van der Waals surface area contributed by atoms with E-state index in [9.17, 15) is 9.59 Å². The van der Waals surface area contributed by atoms with Crippen LogP contribution in [0.4, 0.5) is 5.69 Å². The number of carbonyl (C=O) groups excluding carboxylic acids is 2. The molecule has 0 fully saturated rings. The highest BCUT2D eigenvalue weighted by molar-refractivity contribution is 5.95. The Kier molecular flexibility index (Phi) is 5.94. The van der Waals surface area contributed by atoms with Crippen molar-refractivity contribution in [2.24, 2.45) is 0 Å². The van der Waals surface area contributed by atoms with E-state index in [1.54, 1.807) is 42.5 Å². The summed E-state index contributed by atoms with van der Waals surface area (Å²) in [5, 5.41) is 2.66. The Morgan fingerprint density at radius 1 is 1.15 bits per heavy atom. The van der Waals surface area contributed by atoms with E-state index in [1.807, 2.05) is 13.0 Å². The number of amides is 1. The molecule has 140 valence electrons. The third kappa shape index (κ3) is 5.01. The van der Waals surface area contributed by atoms with E-state index in [4.69, 9.17) is 18.9 Å². The molecule has 0 aliphatic carbocycles. The van der Waals surface area contributed by atoms with Gasteiger partial charge in [-0.25, -0.2) is 4.79 Å². The van der Waals surface area contributed by atoms with Crippen LogP contribution in [0.3, 0.4) is 0 Å². The summed E-state index contributed by atoms with van der Waals surface area (Å²) >= 11 is 0. The molecule has 0 saturated carbocycles. The number of nitrogens with one attached hydrogen (secondary N) is 1. The summed E-state index contributed by atoms with van der Waals surface area (Å²) in [5.41, 5.74) is 1.28. The van der Waals surface area contributed by atoms with Gasteiger partial charge in [0.25, 0.3) is 5.91 Å². The van der Waals surface area contributed by atoms with Gasteiger partial charge in [0.15, 0.2) is 18.1 Å². The zero-order chi connectivity index (χ0) is 19.1. The predicted molar refractivity (Wildman–Crippen MR) is 98.8 cm³/mol. The van der Waals surface area contributed by atoms with Crippen molar-refractivity contribution in [3.8, 4) is 17.2 Å². The number of benzene rings is 2. The molecule has 1 N–H and O–H groups in total. The van der Waals surface area contributed by atoms with E-state index in [0.717, 1.165) is 5.56 Å². The van der Waals surface area contributed by atoms with Gasteiger partial charge in [-0.05, 0) is 42.8 Å². The summed E-state index contributed by atoms with van der Waals surface area (Å²) in [6, 6.07) is 12.3. The first-order chi connectivity index (χ1) is 13.2. The number of hydrogen-bond donors (Lipinski definition) is 1. The quantitative estimate of drug-likeness (QED) is 0.597. The lowest BCUT2D eigenvalue weighted by atomic mass is 10.2. The van der Waals surface area contributed by atoms with E-state index in [1.165, 1.54) is 6.08 Å². The van der Waals surface area contributed by atoms with Crippen LogP contribution in [0, 0.1) is 0 Å². The van der Waals surface area contributed by atoms with Gasteiger partial charge in [0.1, 0.15) is 5.75 Å². The fourth-order valence-electron chi connectivity index (χ4n) is 2.40. The second-order valence-electron chi connectivity index (χ2n) is 5.53. The van der Waals surface area contributed by atoms with Crippen LogP contribution in [-0.2, 0) is 14.3 Å². The molecule has 1 heterocycles. The van der Waals surface area contributed by atoms with Crippen LogP contribution in [0.5, 0.6) is 17.2 Å². The number of anilines is 1. The number of carbonyl (C=O) groups is 2. The summed E-state index contributed by atoms with van der Waals surface area (Å²) in [5.74, 6) is 0.770. The predicted octanol–water partition coefficient (Wildman–Crippen LogP) is 3.01. The smallest absolute Gasteiger partial charge is 0.331 e. The lowest BCUT2D eigenvalue weighted by Crippen LogP contribution is -2.20. The molecule has 0 spiro atoms. The van der Waals surface area contributed by atoms with Crippen LogP contribution in [0.25, 0.3) is 6.08 Å². The average Bonchev–Trinajstić information content (AvgIpc) is 3.14. The van der Waals surface area contributed by atoms with Crippen molar-refractivity contribution in [1.82, 2.24) is 0 Å². The molecule has 0 atom stereocenters. The average molecular weight is 369 g/mol. The van der Waals surface area contributed by atoms with E-state index in [0.29, 0.717) is 29.5 Å². The molecule has 27 heavy (non-hydrogen) atoms. The Labute approximate surface area is 156 Å². The molecule has 3 rings (SSSR count). The maximum absolute atomic E-state index is 12.0. The number of rotatable bonds is 7. The van der Waals surface area contributed by atoms with Crippen LogP contribution >= 0.6 is 0 Å². The van der Waals surface area contributed by atoms with E-state index < -0.39 is 18.5 Å². The van der Waals surface area contributed by atoms with Crippen molar-refractivity contribution < 1.29 is 28.5 Å². The molecule has 0 radical (unpaired) electrons. The Morgan fingerprint density at radius 2 is 1.96 bits per heavy atom. The van der Waals surface area contributed by atoms with Crippen LogP contribution in [0.15, 0.2) is 48.5 Å². The highest BCUT2D eigenvalue weighted by Crippen LogP contribution is 2.32. The van der Waals surface area contributed by atoms with Crippen LogP contribution in [-0.4, -0.2) is 31.9 Å². The normalized spacial score (nSPS) is 12.0. The maximum Gasteiger partial charge on any atom is 0.331 e. The van der Waals surface area contributed by atoms with Crippen molar-refractivity contribution in [1.29, 1.82) is 0 Å². The first-order valence-corrected chi connectivity index (χ1v) is 8.42. The van der Waals surface area contributed by atoms with E-state index in [2.05, 4.69) is 5.32 Å². The van der Waals surface area contributed by atoms with Gasteiger partial charge >= 0.3 is 5.97 Å². The summed E-state index contributed by atoms with van der Waals surface area (Å²) in [6.45, 7) is 2.12. The molecular formula is C20H19NO6. The van der Waals surface area contributed by atoms with Gasteiger partial charge in [-0.3, -0.25) is 4.79 Å². The highest BCUT2D eigenvalue weighted by atomic mass is 16.7. The molecule has 1 aliphatic rings. The van der Waals surface area contributed by atoms with Gasteiger partial charge in [0.2, 0.25) is 6.79 Å². The Hall–Kier alpha value is -3.48. The van der Waals surface area contributed by atoms with Gasteiger partial charge in [-0.2, -0.15) is 0 Å². The fraction of sp³-hybridized carbons (Fsp3) is 0.200. The fourth-order valence-corrected chi connectivity index (χ4v) is 2.40. The maximum atomic E-state index is 12.0. The summed E-state index contributed by atoms with van der Waals surface area (Å²) in [6.07, 6.45) is 2.82. The first-order valence-electron chi connectivity index (χ1n) is 8.42. The van der Waals surface area contributed by atoms with Gasteiger partial charge in [0, 0.05) is 6.08 Å². The van der Waals surface area contributed by atoms with Crippen molar-refractivity contribution in [3.05, 3.63) is 54.1 Å². The molecule has 1 aliphatic heterocycles. The number of hydrogen-bond acceptors (Lipinski definition) is 6. The number of esters is 1. The third-order valence-corrected chi connectivity index (χ3v) is 3.62. The molecule has 7 heteroatoms. The van der Waals surface area contributed by atoms with Crippen molar-refractivity contribution >= 4 is 23.6 Å². The zero-order valence-corrected chi connectivity index (χ0v) is 14.8. The minimum atomic E-state index is -0.624. The minimum absolute atomic E-state index is 0.187. The second-order valence-corrected chi connectivity index (χ2v) is 5.53. The Bertz CT molecular complexity index is 861. The van der Waals surface area contributed by atoms with Gasteiger partial charge in [-0.1, -0.05) is 18.2 Å². The lowest BCUT2D eigenvalue weighted by molar-refractivity contribution is -0.142. The zero-order valence-electron chi connectivity index (χ0n) is 14.8.